The van der Waals surface area contributed by atoms with Gasteiger partial charge in [0.1, 0.15) is 5.75 Å². The lowest BCUT2D eigenvalue weighted by atomic mass is 9.78. The average molecular weight is 620 g/mol. The SMILES string of the molecule is CC(C)(C)c1cc(CCCCCCOC(=O)c2ccc(C(=O)O)cc2C(=O)O)cc(C(C)(C)C)c1O.NC(CO)(CO)CO. The molecule has 0 aliphatic rings. The summed E-state index contributed by atoms with van der Waals surface area (Å²) in [6.45, 7) is 11.5. The van der Waals surface area contributed by atoms with Gasteiger partial charge >= 0.3 is 17.9 Å². The molecule has 2 rings (SSSR count). The lowest BCUT2D eigenvalue weighted by Gasteiger charge is -2.28. The molecule has 0 atom stereocenters. The van der Waals surface area contributed by atoms with E-state index >= 15 is 0 Å². The number of aromatic hydroxyl groups is 1. The predicted octanol–water partition coefficient (Wildman–Crippen LogP) is 4.00. The fraction of sp³-hybridized carbons (Fsp3) is 0.545. The number of ether oxygens (including phenoxy) is 1. The highest BCUT2D eigenvalue weighted by Gasteiger charge is 2.26. The van der Waals surface area contributed by atoms with Crippen LogP contribution >= 0.6 is 0 Å². The summed E-state index contributed by atoms with van der Waals surface area (Å²) in [6.07, 6.45) is 4.24. The number of aliphatic hydroxyl groups is 3. The van der Waals surface area contributed by atoms with Crippen molar-refractivity contribution in [2.45, 2.75) is 90.0 Å². The highest BCUT2D eigenvalue weighted by Crippen LogP contribution is 2.40. The maximum absolute atomic E-state index is 12.3. The van der Waals surface area contributed by atoms with Gasteiger partial charge in [-0.2, -0.15) is 0 Å². The van der Waals surface area contributed by atoms with Gasteiger partial charge in [0.15, 0.2) is 0 Å². The number of nitrogens with two attached hydrogens (primary N) is 1. The number of phenolic OH excluding ortho intramolecular Hbond substituents is 1. The summed E-state index contributed by atoms with van der Waals surface area (Å²) in [5, 5.41) is 54.2. The molecule has 0 amide bonds. The fourth-order valence-electron chi connectivity index (χ4n) is 4.19. The van der Waals surface area contributed by atoms with Crippen molar-refractivity contribution in [2.75, 3.05) is 26.4 Å². The Hall–Kier alpha value is -3.51. The number of hydrogen-bond acceptors (Lipinski definition) is 9. The van der Waals surface area contributed by atoms with Crippen molar-refractivity contribution < 1.29 is 49.8 Å². The molecule has 11 heteroatoms. The molecule has 0 aromatic heterocycles. The van der Waals surface area contributed by atoms with Gasteiger partial charge in [0.05, 0.1) is 48.7 Å². The highest BCUT2D eigenvalue weighted by molar-refractivity contribution is 6.04. The minimum Gasteiger partial charge on any atom is -0.507 e. The predicted molar refractivity (Wildman–Crippen MR) is 166 cm³/mol. The molecule has 0 spiro atoms. The summed E-state index contributed by atoms with van der Waals surface area (Å²) in [5.74, 6) is -3.06. The normalized spacial score (nSPS) is 11.9. The molecule has 246 valence electrons. The summed E-state index contributed by atoms with van der Waals surface area (Å²) < 4.78 is 5.23. The molecular formula is C33H49NO10. The number of phenols is 1. The van der Waals surface area contributed by atoms with E-state index in [1.165, 1.54) is 17.7 Å². The van der Waals surface area contributed by atoms with Gasteiger partial charge in [-0.3, -0.25) is 0 Å². The molecule has 2 aromatic rings. The van der Waals surface area contributed by atoms with Gasteiger partial charge < -0.3 is 41.1 Å². The molecule has 11 nitrogen and oxygen atoms in total. The number of esters is 1. The molecule has 0 heterocycles. The summed E-state index contributed by atoms with van der Waals surface area (Å²) in [4.78, 5) is 34.8. The Balaban J connectivity index is 0.00000106. The standard InChI is InChI=1S/C29H38O7.C4H11NO3/c1-28(2,3)22-15-18(16-23(24(22)30)29(4,5)6)11-9-7-8-10-14-36-27(35)20-13-12-19(25(31)32)17-21(20)26(33)34;5-4(1-6,2-7)3-8/h12-13,15-17,30H,7-11,14H2,1-6H3,(H,31,32)(H,33,34);6-8H,1-3,5H2. The van der Waals surface area contributed by atoms with Crippen LogP contribution in [-0.4, -0.2) is 80.5 Å². The smallest absolute Gasteiger partial charge is 0.339 e. The van der Waals surface area contributed by atoms with E-state index in [2.05, 4.69) is 53.7 Å². The van der Waals surface area contributed by atoms with Gasteiger partial charge in [0.2, 0.25) is 0 Å². The fourth-order valence-corrected chi connectivity index (χ4v) is 4.19. The van der Waals surface area contributed by atoms with Crippen molar-refractivity contribution in [2.24, 2.45) is 5.73 Å². The van der Waals surface area contributed by atoms with Crippen LogP contribution in [0.3, 0.4) is 0 Å². The topological polar surface area (TPSA) is 208 Å². The molecule has 0 aliphatic heterocycles. The van der Waals surface area contributed by atoms with E-state index in [1.807, 2.05) is 0 Å². The highest BCUT2D eigenvalue weighted by atomic mass is 16.5. The van der Waals surface area contributed by atoms with Crippen molar-refractivity contribution in [3.63, 3.8) is 0 Å². The van der Waals surface area contributed by atoms with Gasteiger partial charge in [0, 0.05) is 0 Å². The zero-order chi connectivity index (χ0) is 33.9. The molecular weight excluding hydrogens is 570 g/mol. The molecule has 0 unspecified atom stereocenters. The molecule has 2 aromatic carbocycles. The molecule has 0 aliphatic carbocycles. The molecule has 0 saturated carbocycles. The Morgan fingerprint density at radius 1 is 0.727 bits per heavy atom. The molecule has 44 heavy (non-hydrogen) atoms. The number of aryl methyl sites for hydroxylation is 1. The number of unbranched alkanes of at least 4 members (excludes halogenated alkanes) is 3. The number of aromatic carboxylic acids is 2. The lowest BCUT2D eigenvalue weighted by Crippen LogP contribution is -2.50. The lowest BCUT2D eigenvalue weighted by molar-refractivity contribution is 0.0486. The van der Waals surface area contributed by atoms with Crippen LogP contribution < -0.4 is 5.73 Å². The number of benzene rings is 2. The third-order valence-corrected chi connectivity index (χ3v) is 7.04. The Labute approximate surface area is 259 Å². The van der Waals surface area contributed by atoms with Crippen molar-refractivity contribution in [3.05, 3.63) is 63.7 Å². The first kappa shape index (κ1) is 38.5. The third kappa shape index (κ3) is 11.5. The maximum atomic E-state index is 12.3. The van der Waals surface area contributed by atoms with E-state index in [0.717, 1.165) is 42.9 Å². The van der Waals surface area contributed by atoms with Crippen molar-refractivity contribution in [1.82, 2.24) is 0 Å². The Bertz CT molecular complexity index is 1230. The average Bonchev–Trinajstić information content (AvgIpc) is 2.95. The Morgan fingerprint density at radius 2 is 1.23 bits per heavy atom. The van der Waals surface area contributed by atoms with E-state index in [1.54, 1.807) is 0 Å². The van der Waals surface area contributed by atoms with Gasteiger partial charge in [-0.1, -0.05) is 66.5 Å². The van der Waals surface area contributed by atoms with E-state index in [0.29, 0.717) is 12.2 Å². The Morgan fingerprint density at radius 3 is 1.64 bits per heavy atom. The van der Waals surface area contributed by atoms with Crippen LogP contribution in [0.1, 0.15) is 115 Å². The molecule has 0 bridgehead atoms. The van der Waals surface area contributed by atoms with E-state index in [4.69, 9.17) is 30.9 Å². The minimum absolute atomic E-state index is 0.153. The first-order chi connectivity index (χ1) is 20.3. The van der Waals surface area contributed by atoms with Crippen LogP contribution in [0.25, 0.3) is 0 Å². The van der Waals surface area contributed by atoms with E-state index in [9.17, 15) is 24.6 Å². The molecule has 0 saturated heterocycles. The molecule has 0 radical (unpaired) electrons. The number of carbonyl (C=O) groups excluding carboxylic acids is 1. The zero-order valence-electron chi connectivity index (χ0n) is 26.6. The van der Waals surface area contributed by atoms with E-state index < -0.39 is 48.8 Å². The summed E-state index contributed by atoms with van der Waals surface area (Å²) in [5.41, 5.74) is 5.94. The number of rotatable bonds is 13. The second-order valence-corrected chi connectivity index (χ2v) is 13.0. The molecule has 8 N–H and O–H groups in total. The number of carbonyl (C=O) groups is 3. The second kappa shape index (κ2) is 16.5. The maximum Gasteiger partial charge on any atom is 0.339 e. The second-order valence-electron chi connectivity index (χ2n) is 13.0. The third-order valence-electron chi connectivity index (χ3n) is 7.04. The summed E-state index contributed by atoms with van der Waals surface area (Å²) >= 11 is 0. The van der Waals surface area contributed by atoms with Crippen LogP contribution in [-0.2, 0) is 22.0 Å². The monoisotopic (exact) mass is 619 g/mol. The Kier molecular flexibility index (Phi) is 14.5. The largest absolute Gasteiger partial charge is 0.507 e. The summed E-state index contributed by atoms with van der Waals surface area (Å²) in [7, 11) is 0. The number of aliphatic hydroxyl groups excluding tert-OH is 3. The van der Waals surface area contributed by atoms with Crippen LogP contribution in [0.5, 0.6) is 5.75 Å². The number of carboxylic acids is 2. The first-order valence-corrected chi connectivity index (χ1v) is 14.6. The summed E-state index contributed by atoms with van der Waals surface area (Å²) in [6, 6.07) is 7.51. The van der Waals surface area contributed by atoms with Crippen molar-refractivity contribution in [1.29, 1.82) is 0 Å². The van der Waals surface area contributed by atoms with Crippen LogP contribution in [0.4, 0.5) is 0 Å². The van der Waals surface area contributed by atoms with Crippen molar-refractivity contribution in [3.8, 4) is 5.75 Å². The molecule has 0 fully saturated rings. The number of hydrogen-bond donors (Lipinski definition) is 7. The first-order valence-electron chi connectivity index (χ1n) is 14.6. The zero-order valence-corrected chi connectivity index (χ0v) is 26.6. The van der Waals surface area contributed by atoms with Gasteiger partial charge in [-0.25, -0.2) is 14.4 Å². The van der Waals surface area contributed by atoms with Gasteiger partial charge in [-0.05, 0) is 65.0 Å². The van der Waals surface area contributed by atoms with Gasteiger partial charge in [0.25, 0.3) is 0 Å². The van der Waals surface area contributed by atoms with Crippen LogP contribution in [0, 0.1) is 0 Å². The van der Waals surface area contributed by atoms with Crippen LogP contribution in [0.2, 0.25) is 0 Å². The minimum atomic E-state index is -1.39. The van der Waals surface area contributed by atoms with E-state index in [-0.39, 0.29) is 28.6 Å². The number of carboxylic acid groups (broad SMARTS) is 2. The van der Waals surface area contributed by atoms with Gasteiger partial charge in [-0.15, -0.1) is 0 Å². The quantitative estimate of drug-likeness (QED) is 0.126. The van der Waals surface area contributed by atoms with Crippen molar-refractivity contribution >= 4 is 17.9 Å². The van der Waals surface area contributed by atoms with Crippen LogP contribution in [0.15, 0.2) is 30.3 Å².